The van der Waals surface area contributed by atoms with E-state index >= 15 is 0 Å². The highest BCUT2D eigenvalue weighted by atomic mass is 35.5. The lowest BCUT2D eigenvalue weighted by atomic mass is 10.1. The molecule has 0 saturated heterocycles. The maximum Gasteiger partial charge on any atom is 0.175 e. The van der Waals surface area contributed by atoms with Gasteiger partial charge < -0.3 is 10.6 Å². The summed E-state index contributed by atoms with van der Waals surface area (Å²) in [6, 6.07) is 22.1. The van der Waals surface area contributed by atoms with Gasteiger partial charge in [0.05, 0.1) is 5.69 Å². The van der Waals surface area contributed by atoms with Gasteiger partial charge in [0.2, 0.25) is 0 Å². The van der Waals surface area contributed by atoms with E-state index in [1.54, 1.807) is 11.8 Å². The minimum atomic E-state index is 0.567. The van der Waals surface area contributed by atoms with Crippen molar-refractivity contribution in [1.82, 2.24) is 0 Å². The zero-order chi connectivity index (χ0) is 18.5. The summed E-state index contributed by atoms with van der Waals surface area (Å²) in [7, 11) is 0. The molecule has 0 atom stereocenters. The lowest BCUT2D eigenvalue weighted by molar-refractivity contribution is 1.34. The molecule has 0 unspecified atom stereocenters. The molecule has 0 radical (unpaired) electrons. The molecule has 0 spiro atoms. The van der Waals surface area contributed by atoms with Crippen molar-refractivity contribution in [1.29, 1.82) is 0 Å². The number of aryl methyl sites for hydroxylation is 2. The highest BCUT2D eigenvalue weighted by molar-refractivity contribution is 7.99. The molecular weight excluding hydrogens is 380 g/mol. The average molecular weight is 399 g/mol. The van der Waals surface area contributed by atoms with Crippen molar-refractivity contribution < 1.29 is 0 Å². The summed E-state index contributed by atoms with van der Waals surface area (Å²) in [6.07, 6.45) is 0. The van der Waals surface area contributed by atoms with Gasteiger partial charge in [-0.1, -0.05) is 41.6 Å². The maximum absolute atomic E-state index is 5.97. The lowest BCUT2D eigenvalue weighted by Gasteiger charge is -2.14. The highest BCUT2D eigenvalue weighted by Crippen LogP contribution is 2.34. The second-order valence-corrected chi connectivity index (χ2v) is 7.89. The predicted octanol–water partition coefficient (Wildman–Crippen LogP) is 6.92. The lowest BCUT2D eigenvalue weighted by Crippen LogP contribution is -2.19. The number of thiocarbonyl (C=S) groups is 1. The molecule has 3 aromatic carbocycles. The van der Waals surface area contributed by atoms with Gasteiger partial charge in [-0.3, -0.25) is 0 Å². The minimum Gasteiger partial charge on any atom is -0.332 e. The molecule has 3 rings (SSSR count). The molecule has 0 heterocycles. The zero-order valence-corrected chi connectivity index (χ0v) is 16.9. The maximum atomic E-state index is 5.97. The quantitative estimate of drug-likeness (QED) is 0.466. The first kappa shape index (κ1) is 18.8. The third kappa shape index (κ3) is 5.01. The molecule has 0 aromatic heterocycles. The van der Waals surface area contributed by atoms with Crippen molar-refractivity contribution in [3.63, 3.8) is 0 Å². The second kappa shape index (κ2) is 8.58. The van der Waals surface area contributed by atoms with E-state index in [9.17, 15) is 0 Å². The third-order valence-electron chi connectivity index (χ3n) is 3.94. The van der Waals surface area contributed by atoms with Gasteiger partial charge in [-0.25, -0.2) is 0 Å². The van der Waals surface area contributed by atoms with Crippen LogP contribution in [0.15, 0.2) is 76.5 Å². The zero-order valence-electron chi connectivity index (χ0n) is 14.5. The Kier molecular flexibility index (Phi) is 6.20. The normalized spacial score (nSPS) is 10.4. The first-order valence-corrected chi connectivity index (χ1v) is 9.79. The smallest absolute Gasteiger partial charge is 0.175 e. The van der Waals surface area contributed by atoms with E-state index in [-0.39, 0.29) is 0 Å². The van der Waals surface area contributed by atoms with E-state index in [2.05, 4.69) is 42.7 Å². The Morgan fingerprint density at radius 3 is 2.35 bits per heavy atom. The van der Waals surface area contributed by atoms with Gasteiger partial charge in [0.25, 0.3) is 0 Å². The second-order valence-electron chi connectivity index (χ2n) is 5.93. The van der Waals surface area contributed by atoms with Crippen molar-refractivity contribution in [3.8, 4) is 0 Å². The van der Waals surface area contributed by atoms with Crippen molar-refractivity contribution in [3.05, 3.63) is 82.9 Å². The average Bonchev–Trinajstić information content (AvgIpc) is 2.62. The van der Waals surface area contributed by atoms with Crippen LogP contribution in [0, 0.1) is 13.8 Å². The summed E-state index contributed by atoms with van der Waals surface area (Å²) in [4.78, 5) is 2.22. The SMILES string of the molecule is Cc1ccc(NC(=S)Nc2ccccc2Sc2ccc(Cl)cc2)cc1C. The number of nitrogens with one attached hydrogen (secondary N) is 2. The molecule has 0 saturated carbocycles. The predicted molar refractivity (Wildman–Crippen MR) is 118 cm³/mol. The fourth-order valence-electron chi connectivity index (χ4n) is 2.39. The standard InChI is InChI=1S/C21H19ClN2S2/c1-14-7-10-17(13-15(14)2)23-21(25)24-19-5-3-4-6-20(19)26-18-11-8-16(22)9-12-18/h3-13H,1-2H3,(H2,23,24,25). The molecule has 0 fully saturated rings. The first-order valence-electron chi connectivity index (χ1n) is 8.19. The van der Waals surface area contributed by atoms with Crippen LogP contribution in [0.4, 0.5) is 11.4 Å². The van der Waals surface area contributed by atoms with E-state index in [1.807, 2.05) is 48.5 Å². The monoisotopic (exact) mass is 398 g/mol. The molecule has 0 aliphatic rings. The Morgan fingerprint density at radius 1 is 0.885 bits per heavy atom. The number of benzene rings is 3. The van der Waals surface area contributed by atoms with Gasteiger partial charge in [-0.15, -0.1) is 0 Å². The van der Waals surface area contributed by atoms with Crippen molar-refractivity contribution in [2.24, 2.45) is 0 Å². The number of para-hydroxylation sites is 1. The third-order valence-corrected chi connectivity index (χ3v) is 5.48. The van der Waals surface area contributed by atoms with E-state index in [0.717, 1.165) is 26.2 Å². The van der Waals surface area contributed by atoms with E-state index < -0.39 is 0 Å². The summed E-state index contributed by atoms with van der Waals surface area (Å²) >= 11 is 13.1. The van der Waals surface area contributed by atoms with E-state index in [4.69, 9.17) is 23.8 Å². The minimum absolute atomic E-state index is 0.567. The van der Waals surface area contributed by atoms with Crippen LogP contribution in [-0.4, -0.2) is 5.11 Å². The fourth-order valence-corrected chi connectivity index (χ4v) is 3.65. The summed E-state index contributed by atoms with van der Waals surface area (Å²) in [5.74, 6) is 0. The van der Waals surface area contributed by atoms with Crippen molar-refractivity contribution in [2.45, 2.75) is 23.6 Å². The van der Waals surface area contributed by atoms with Gasteiger partial charge in [0.1, 0.15) is 0 Å². The van der Waals surface area contributed by atoms with Crippen LogP contribution in [0.5, 0.6) is 0 Å². The molecule has 5 heteroatoms. The molecule has 132 valence electrons. The van der Waals surface area contributed by atoms with Crippen molar-refractivity contribution in [2.75, 3.05) is 10.6 Å². The summed E-state index contributed by atoms with van der Waals surface area (Å²) in [5.41, 5.74) is 4.44. The van der Waals surface area contributed by atoms with Gasteiger partial charge in [-0.05, 0) is 85.7 Å². The van der Waals surface area contributed by atoms with Gasteiger partial charge >= 0.3 is 0 Å². The molecule has 2 nitrogen and oxygen atoms in total. The number of rotatable bonds is 4. The van der Waals surface area contributed by atoms with Crippen LogP contribution in [0.3, 0.4) is 0 Å². The number of anilines is 2. The molecule has 0 amide bonds. The first-order chi connectivity index (χ1) is 12.5. The molecule has 0 aliphatic carbocycles. The molecule has 0 bridgehead atoms. The van der Waals surface area contributed by atoms with E-state index in [1.165, 1.54) is 11.1 Å². The summed E-state index contributed by atoms with van der Waals surface area (Å²) in [6.45, 7) is 4.19. The van der Waals surface area contributed by atoms with Crippen molar-refractivity contribution >= 4 is 52.1 Å². The molecule has 26 heavy (non-hydrogen) atoms. The number of hydrogen-bond donors (Lipinski definition) is 2. The summed E-state index contributed by atoms with van der Waals surface area (Å²) in [5, 5.41) is 7.85. The number of halogens is 1. The Morgan fingerprint density at radius 2 is 1.62 bits per heavy atom. The van der Waals surface area contributed by atoms with Crippen LogP contribution >= 0.6 is 35.6 Å². The largest absolute Gasteiger partial charge is 0.332 e. The molecular formula is C21H19ClN2S2. The highest BCUT2D eigenvalue weighted by Gasteiger charge is 2.07. The number of hydrogen-bond acceptors (Lipinski definition) is 2. The van der Waals surface area contributed by atoms with E-state index in [0.29, 0.717) is 5.11 Å². The van der Waals surface area contributed by atoms with Crippen LogP contribution in [0.25, 0.3) is 0 Å². The van der Waals surface area contributed by atoms with Gasteiger partial charge in [0.15, 0.2) is 5.11 Å². The Labute approximate surface area is 169 Å². The Balaban J connectivity index is 1.72. The van der Waals surface area contributed by atoms with Crippen LogP contribution in [0.1, 0.15) is 11.1 Å². The van der Waals surface area contributed by atoms with Crippen LogP contribution in [-0.2, 0) is 0 Å². The fraction of sp³-hybridized carbons (Fsp3) is 0.0952. The molecule has 2 N–H and O–H groups in total. The van der Waals surface area contributed by atoms with Crippen LogP contribution in [0.2, 0.25) is 5.02 Å². The molecule has 3 aromatic rings. The topological polar surface area (TPSA) is 24.1 Å². The summed E-state index contributed by atoms with van der Waals surface area (Å²) < 4.78 is 0. The van der Waals surface area contributed by atoms with Gasteiger partial charge in [-0.2, -0.15) is 0 Å². The molecule has 0 aliphatic heterocycles. The van der Waals surface area contributed by atoms with Gasteiger partial charge in [0, 0.05) is 20.5 Å². The Hall–Kier alpha value is -2.01. The van der Waals surface area contributed by atoms with Crippen LogP contribution < -0.4 is 10.6 Å². The Bertz CT molecular complexity index is 924.